The van der Waals surface area contributed by atoms with Crippen LogP contribution in [0.15, 0.2) is 35.1 Å². The number of aromatic nitrogens is 2. The maximum atomic E-state index is 10.7. The summed E-state index contributed by atoms with van der Waals surface area (Å²) in [4.78, 5) is 18.5. The highest BCUT2D eigenvalue weighted by Gasteiger charge is 2.13. The van der Waals surface area contributed by atoms with E-state index in [4.69, 9.17) is 9.84 Å². The summed E-state index contributed by atoms with van der Waals surface area (Å²) < 4.78 is 6.29. The molecule has 1 unspecified atom stereocenters. The van der Waals surface area contributed by atoms with Crippen LogP contribution in [-0.4, -0.2) is 46.4 Å². The van der Waals surface area contributed by atoms with Gasteiger partial charge in [-0.1, -0.05) is 15.9 Å². The number of hydrogen-bond acceptors (Lipinski definition) is 6. The summed E-state index contributed by atoms with van der Waals surface area (Å²) >= 11 is 3.43. The van der Waals surface area contributed by atoms with Crippen molar-refractivity contribution < 1.29 is 19.7 Å². The fourth-order valence-corrected chi connectivity index (χ4v) is 2.61. The van der Waals surface area contributed by atoms with Crippen molar-refractivity contribution in [3.8, 4) is 5.75 Å². The summed E-state index contributed by atoms with van der Waals surface area (Å²) in [5.41, 5.74) is 0.873. The zero-order valence-electron chi connectivity index (χ0n) is 13.1. The van der Waals surface area contributed by atoms with Gasteiger partial charge in [-0.2, -0.15) is 0 Å². The number of carboxylic acids is 1. The third kappa shape index (κ3) is 4.90. The molecule has 1 aromatic carbocycles. The van der Waals surface area contributed by atoms with Crippen LogP contribution in [0, 0.1) is 5.92 Å². The minimum atomic E-state index is -1.12. The van der Waals surface area contributed by atoms with E-state index in [0.717, 1.165) is 15.8 Å². The number of halogens is 1. The van der Waals surface area contributed by atoms with Gasteiger partial charge in [0.2, 0.25) is 0 Å². The topological polar surface area (TPSA) is 105 Å². The summed E-state index contributed by atoms with van der Waals surface area (Å²) in [5.74, 6) is 0.0418. The first-order valence-electron chi connectivity index (χ1n) is 7.26. The fourth-order valence-electron chi connectivity index (χ4n) is 2.20. The minimum absolute atomic E-state index is 0.0106. The van der Waals surface area contributed by atoms with Crippen molar-refractivity contribution in [2.75, 3.05) is 25.6 Å². The van der Waals surface area contributed by atoms with Gasteiger partial charge in [0.15, 0.2) is 5.69 Å². The molecule has 24 heavy (non-hydrogen) atoms. The van der Waals surface area contributed by atoms with Crippen molar-refractivity contribution in [3.05, 3.63) is 46.3 Å². The van der Waals surface area contributed by atoms with E-state index in [1.165, 1.54) is 12.4 Å². The smallest absolute Gasteiger partial charge is 0.356 e. The van der Waals surface area contributed by atoms with Crippen LogP contribution in [0.1, 0.15) is 16.1 Å². The highest BCUT2D eigenvalue weighted by Crippen LogP contribution is 2.25. The molecule has 8 heteroatoms. The molecule has 0 saturated carbocycles. The van der Waals surface area contributed by atoms with E-state index in [0.29, 0.717) is 18.8 Å². The molecular formula is C16H18BrN3O4. The number of ether oxygens (including phenoxy) is 1. The summed E-state index contributed by atoms with van der Waals surface area (Å²) in [7, 11) is 1.61. The average Bonchev–Trinajstić information content (AvgIpc) is 2.59. The van der Waals surface area contributed by atoms with E-state index in [1.807, 2.05) is 18.2 Å². The van der Waals surface area contributed by atoms with Gasteiger partial charge >= 0.3 is 5.97 Å². The van der Waals surface area contributed by atoms with E-state index in [-0.39, 0.29) is 18.2 Å². The molecule has 3 N–H and O–H groups in total. The van der Waals surface area contributed by atoms with Gasteiger partial charge in [-0.15, -0.1) is 0 Å². The number of anilines is 1. The first-order valence-corrected chi connectivity index (χ1v) is 8.05. The van der Waals surface area contributed by atoms with Gasteiger partial charge in [0, 0.05) is 23.5 Å². The zero-order chi connectivity index (χ0) is 17.5. The summed E-state index contributed by atoms with van der Waals surface area (Å²) in [6, 6.07) is 5.73. The molecule has 1 atom stereocenters. The second-order valence-corrected chi connectivity index (χ2v) is 6.10. The van der Waals surface area contributed by atoms with E-state index < -0.39 is 5.97 Å². The van der Waals surface area contributed by atoms with Gasteiger partial charge in [0.25, 0.3) is 0 Å². The Bertz CT molecular complexity index is 694. The highest BCUT2D eigenvalue weighted by molar-refractivity contribution is 9.10. The molecule has 128 valence electrons. The standard InChI is InChI=1S/C16H18BrN3O4/c1-24-14-3-2-12(17)5-11(14)4-10(9-21)6-19-15-8-18-13(7-20-15)16(22)23/h2-3,5,7-8,10,21H,4,6,9H2,1H3,(H,19,20)(H,22,23). The molecule has 0 spiro atoms. The van der Waals surface area contributed by atoms with Crippen molar-refractivity contribution in [3.63, 3.8) is 0 Å². The zero-order valence-corrected chi connectivity index (χ0v) is 14.7. The van der Waals surface area contributed by atoms with E-state index in [1.54, 1.807) is 7.11 Å². The number of nitrogens with one attached hydrogen (secondary N) is 1. The number of hydrogen-bond donors (Lipinski definition) is 3. The molecule has 2 aromatic rings. The number of nitrogens with zero attached hydrogens (tertiary/aromatic N) is 2. The van der Waals surface area contributed by atoms with Gasteiger partial charge in [0.1, 0.15) is 11.6 Å². The molecule has 7 nitrogen and oxygen atoms in total. The second kappa shape index (κ2) is 8.60. The SMILES string of the molecule is COc1ccc(Br)cc1CC(CO)CNc1cnc(C(=O)O)cn1. The van der Waals surface area contributed by atoms with Gasteiger partial charge < -0.3 is 20.3 Å². The third-order valence-corrected chi connectivity index (χ3v) is 3.95. The first-order chi connectivity index (χ1) is 11.5. The molecule has 0 aliphatic carbocycles. The minimum Gasteiger partial charge on any atom is -0.496 e. The Morgan fingerprint density at radius 1 is 1.38 bits per heavy atom. The Balaban J connectivity index is 1.99. The van der Waals surface area contributed by atoms with Crippen LogP contribution in [0.25, 0.3) is 0 Å². The van der Waals surface area contributed by atoms with Crippen LogP contribution in [-0.2, 0) is 6.42 Å². The van der Waals surface area contributed by atoms with Crippen LogP contribution in [0.4, 0.5) is 5.82 Å². The van der Waals surface area contributed by atoms with E-state index in [2.05, 4.69) is 31.2 Å². The van der Waals surface area contributed by atoms with Gasteiger partial charge in [0.05, 0.1) is 19.5 Å². The second-order valence-electron chi connectivity index (χ2n) is 5.18. The van der Waals surface area contributed by atoms with Gasteiger partial charge in [-0.05, 0) is 30.2 Å². The Kier molecular flexibility index (Phi) is 6.51. The number of aliphatic hydroxyl groups excluding tert-OH is 1. The van der Waals surface area contributed by atoms with Gasteiger partial charge in [-0.3, -0.25) is 0 Å². The van der Waals surface area contributed by atoms with Crippen molar-refractivity contribution in [1.29, 1.82) is 0 Å². The number of methoxy groups -OCH3 is 1. The number of carbonyl (C=O) groups is 1. The average molecular weight is 396 g/mol. The lowest BCUT2D eigenvalue weighted by molar-refractivity contribution is 0.0690. The fraction of sp³-hybridized carbons (Fsp3) is 0.312. The lowest BCUT2D eigenvalue weighted by atomic mass is 9.99. The van der Waals surface area contributed by atoms with Crippen molar-refractivity contribution >= 4 is 27.7 Å². The van der Waals surface area contributed by atoms with Crippen molar-refractivity contribution in [1.82, 2.24) is 9.97 Å². The number of aromatic carboxylic acids is 1. The van der Waals surface area contributed by atoms with E-state index >= 15 is 0 Å². The summed E-state index contributed by atoms with van der Waals surface area (Å²) in [6.07, 6.45) is 3.17. The van der Waals surface area contributed by atoms with Crippen molar-refractivity contribution in [2.45, 2.75) is 6.42 Å². The molecule has 0 aliphatic heterocycles. The lowest BCUT2D eigenvalue weighted by Crippen LogP contribution is -2.21. The Hall–Kier alpha value is -2.19. The largest absolute Gasteiger partial charge is 0.496 e. The molecule has 0 bridgehead atoms. The quantitative estimate of drug-likeness (QED) is 0.629. The highest BCUT2D eigenvalue weighted by atomic mass is 79.9. The maximum absolute atomic E-state index is 10.7. The molecule has 0 radical (unpaired) electrons. The van der Waals surface area contributed by atoms with Crippen LogP contribution in [0.3, 0.4) is 0 Å². The molecule has 0 amide bonds. The summed E-state index contributed by atoms with van der Waals surface area (Å²) in [6.45, 7) is 0.455. The van der Waals surface area contributed by atoms with E-state index in [9.17, 15) is 9.90 Å². The molecule has 1 aromatic heterocycles. The molecule has 1 heterocycles. The number of benzene rings is 1. The number of aliphatic hydroxyl groups is 1. The lowest BCUT2D eigenvalue weighted by Gasteiger charge is -2.17. The Labute approximate surface area is 147 Å². The Morgan fingerprint density at radius 2 is 2.17 bits per heavy atom. The molecular weight excluding hydrogens is 378 g/mol. The summed E-state index contributed by atoms with van der Waals surface area (Å²) in [5, 5.41) is 21.5. The molecule has 0 fully saturated rings. The Morgan fingerprint density at radius 3 is 2.75 bits per heavy atom. The molecule has 0 saturated heterocycles. The van der Waals surface area contributed by atoms with Crippen LogP contribution < -0.4 is 10.1 Å². The predicted octanol–water partition coefficient (Wildman–Crippen LogP) is 2.21. The van der Waals surface area contributed by atoms with Crippen LogP contribution in [0.2, 0.25) is 0 Å². The molecule has 0 aliphatic rings. The molecule has 2 rings (SSSR count). The number of carboxylic acid groups (broad SMARTS) is 1. The normalized spacial score (nSPS) is 11.8. The number of rotatable bonds is 8. The van der Waals surface area contributed by atoms with Gasteiger partial charge in [-0.25, -0.2) is 14.8 Å². The predicted molar refractivity (Wildman–Crippen MR) is 92.5 cm³/mol. The first kappa shape index (κ1) is 18.2. The van der Waals surface area contributed by atoms with Crippen molar-refractivity contribution in [2.24, 2.45) is 5.92 Å². The maximum Gasteiger partial charge on any atom is 0.356 e. The monoisotopic (exact) mass is 395 g/mol. The van der Waals surface area contributed by atoms with Crippen LogP contribution in [0.5, 0.6) is 5.75 Å². The third-order valence-electron chi connectivity index (χ3n) is 3.45. The van der Waals surface area contributed by atoms with Crippen LogP contribution >= 0.6 is 15.9 Å².